The van der Waals surface area contributed by atoms with Gasteiger partial charge in [-0.15, -0.1) is 0 Å². The predicted molar refractivity (Wildman–Crippen MR) is 40.3 cm³/mol. The summed E-state index contributed by atoms with van der Waals surface area (Å²) < 4.78 is 0. The molecule has 9 radical (unpaired) electrons. The van der Waals surface area contributed by atoms with Crippen molar-refractivity contribution in [3.63, 3.8) is 0 Å². The predicted octanol–water partition coefficient (Wildman–Crippen LogP) is -2.67. The van der Waals surface area contributed by atoms with E-state index < -0.39 is 6.39 Å². The van der Waals surface area contributed by atoms with Crippen LogP contribution in [0.3, 0.4) is 0 Å². The highest BCUT2D eigenvalue weighted by molar-refractivity contribution is 7.81. The average Bonchev–Trinajstić information content (AvgIpc) is 1.65. The Kier molecular flexibility index (Phi) is 3.68. The van der Waals surface area contributed by atoms with E-state index in [0.29, 0.717) is 0 Å². The number of hydrogen-bond donors (Lipinski definition) is 0. The summed E-state index contributed by atoms with van der Waals surface area (Å²) in [4.78, 5) is 0. The Hall–Kier alpha value is 0.455. The maximum atomic E-state index is 5.19. The van der Waals surface area contributed by atoms with Crippen LogP contribution in [0.15, 0.2) is 0 Å². The molecule has 0 rings (SSSR count). The fourth-order valence-electron chi connectivity index (χ4n) is 0.128. The average molecular weight is 75.7 g/mol. The molecule has 21 valence electrons. The molecule has 0 spiro atoms. The van der Waals surface area contributed by atoms with Crippen LogP contribution in [0, 0.1) is 0 Å². The summed E-state index contributed by atoms with van der Waals surface area (Å²) >= 11 is 0. The van der Waals surface area contributed by atoms with E-state index in [2.05, 4.69) is 0 Å². The van der Waals surface area contributed by atoms with Gasteiger partial charge in [-0.25, -0.2) is 0 Å². The van der Waals surface area contributed by atoms with Crippen LogP contribution in [0.4, 0.5) is 0 Å². The van der Waals surface area contributed by atoms with Crippen molar-refractivity contribution in [2.24, 2.45) is 0 Å². The molecule has 0 amide bonds. The maximum Gasteiger partial charge on any atom is 0 e. The Bertz CT molecular complexity index is 37.3. The van der Waals surface area contributed by atoms with Crippen LogP contribution in [0.1, 0.15) is 0 Å². The minimum atomic E-state index is -0.537. The zero-order valence-electron chi connectivity index (χ0n) is 4.04. The van der Waals surface area contributed by atoms with Crippen LogP contribution in [-0.4, -0.2) is 50.8 Å². The molecule has 0 saturated heterocycles. The molecule has 0 unspecified atom stereocenters. The molecule has 0 atom stereocenters. The number of hydrogen-bond acceptors (Lipinski definition) is 0. The van der Waals surface area contributed by atoms with Gasteiger partial charge in [-0.3, -0.25) is 0 Å². The fourth-order valence-corrected chi connectivity index (χ4v) is 0.128. The summed E-state index contributed by atoms with van der Waals surface area (Å²) in [5.41, 5.74) is 0. The topological polar surface area (TPSA) is 0 Å². The zero-order valence-corrected chi connectivity index (χ0v) is 4.04. The normalized spacial score (nSPS) is 7.43. The van der Waals surface area contributed by atoms with Crippen molar-refractivity contribution < 1.29 is 0 Å². The molecule has 0 aliphatic rings. The minimum Gasteiger partial charge on any atom is 0 e. The molecular weight excluding hydrogens is 75.7 g/mol. The van der Waals surface area contributed by atoms with Crippen LogP contribution in [-0.2, 0) is 0 Å². The molecule has 0 aromatic rings. The van der Waals surface area contributed by atoms with Gasteiger partial charge in [-0.1, -0.05) is 0 Å². The van der Waals surface area contributed by atoms with Gasteiger partial charge in [0.05, 0.1) is 0 Å². The van der Waals surface area contributed by atoms with Crippen molar-refractivity contribution >= 4 is 50.8 Å². The molecule has 0 aromatic carbocycles. The first-order valence-corrected chi connectivity index (χ1v) is 2.00. The minimum absolute atomic E-state index is 0.389. The first kappa shape index (κ1) is 7.45. The van der Waals surface area contributed by atoms with Crippen molar-refractivity contribution in [3.8, 4) is 0 Å². The molecule has 0 bridgehead atoms. The van der Waals surface area contributed by atoms with E-state index in [1.165, 1.54) is 7.06 Å². The number of rotatable bonds is 2. The van der Waals surface area contributed by atoms with Gasteiger partial charge in [-0.05, 0) is 0 Å². The van der Waals surface area contributed by atoms with Gasteiger partial charge in [-0.2, -0.15) is 0 Å². The Balaban J connectivity index is 3.14. The highest BCUT2D eigenvalue weighted by atomic mass is 12.9. The molecule has 7 heavy (non-hydrogen) atoms. The lowest BCUT2D eigenvalue weighted by atomic mass is 8.76. The lowest BCUT2D eigenvalue weighted by molar-refractivity contribution is 3.70. The van der Waals surface area contributed by atoms with Gasteiger partial charge in [0.1, 0.15) is 0 Å². The molecule has 0 N–H and O–H groups in total. The maximum absolute atomic E-state index is 5.19. The Morgan fingerprint density at radius 1 is 1.14 bits per heavy atom. The summed E-state index contributed by atoms with van der Waals surface area (Å²) in [7, 11) is 21.6. The summed E-state index contributed by atoms with van der Waals surface area (Å²) in [6.07, 6.45) is -0.926. The Labute approximate surface area is 51.5 Å². The second-order valence-electron chi connectivity index (χ2n) is 1.35. The monoisotopic (exact) mass is 77.1 g/mol. The van der Waals surface area contributed by atoms with Gasteiger partial charge in [0, 0.05) is 50.8 Å². The van der Waals surface area contributed by atoms with E-state index in [-0.39, 0.29) is 6.39 Å². The van der Waals surface area contributed by atoms with Gasteiger partial charge < -0.3 is 0 Å². The van der Waals surface area contributed by atoms with E-state index in [9.17, 15) is 0 Å². The van der Waals surface area contributed by atoms with E-state index in [1.54, 1.807) is 0 Å². The van der Waals surface area contributed by atoms with Gasteiger partial charge in [0.2, 0.25) is 0 Å². The lowest BCUT2D eigenvalue weighted by Gasteiger charge is -2.05. The molecule has 0 saturated carbocycles. The van der Waals surface area contributed by atoms with E-state index in [1.807, 2.05) is 0 Å². The SMILES string of the molecule is [B][B]B([B])B([B])[B]. The Morgan fingerprint density at radius 3 is 1.57 bits per heavy atom. The summed E-state index contributed by atoms with van der Waals surface area (Å²) in [5, 5.41) is 0. The van der Waals surface area contributed by atoms with Crippen LogP contribution in [0.5, 0.6) is 0 Å². The molecule has 0 aromatic heterocycles. The lowest BCUT2D eigenvalue weighted by Crippen LogP contribution is -2.43. The first-order chi connectivity index (χ1) is 3.18. The second kappa shape index (κ2) is 3.46. The van der Waals surface area contributed by atoms with Crippen molar-refractivity contribution in [2.45, 2.75) is 0 Å². The fraction of sp³-hybridized carbons (Fsp3) is 0. The molecule has 0 nitrogen and oxygen atoms in total. The zero-order chi connectivity index (χ0) is 5.86. The third kappa shape index (κ3) is 3.07. The molecule has 0 heterocycles. The summed E-state index contributed by atoms with van der Waals surface area (Å²) in [5.74, 6) is 0. The van der Waals surface area contributed by atoms with Crippen molar-refractivity contribution in [1.29, 1.82) is 0 Å². The summed E-state index contributed by atoms with van der Waals surface area (Å²) in [6.45, 7) is 0. The van der Waals surface area contributed by atoms with Crippen LogP contribution < -0.4 is 0 Å². The molecule has 0 aliphatic carbocycles. The standard InChI is InChI=1S/B7/c1-5-7(4)6(2)3. The van der Waals surface area contributed by atoms with Crippen molar-refractivity contribution in [3.05, 3.63) is 0 Å². The third-order valence-corrected chi connectivity index (χ3v) is 0.667. The van der Waals surface area contributed by atoms with Gasteiger partial charge in [0.15, 0.2) is 0 Å². The second-order valence-corrected chi connectivity index (χ2v) is 1.35. The largest absolute Gasteiger partial charge is 0 e. The third-order valence-electron chi connectivity index (χ3n) is 0.667. The van der Waals surface area contributed by atoms with Gasteiger partial charge in [0.25, 0.3) is 0 Å². The molecule has 0 fully saturated rings. The van der Waals surface area contributed by atoms with E-state index in [0.717, 1.165) is 0 Å². The van der Waals surface area contributed by atoms with E-state index in [4.69, 9.17) is 30.9 Å². The first-order valence-electron chi connectivity index (χ1n) is 2.00. The van der Waals surface area contributed by atoms with Crippen molar-refractivity contribution in [2.75, 3.05) is 0 Å². The van der Waals surface area contributed by atoms with Crippen molar-refractivity contribution in [1.82, 2.24) is 0 Å². The van der Waals surface area contributed by atoms with Crippen LogP contribution in [0.25, 0.3) is 0 Å². The Morgan fingerprint density at radius 2 is 1.57 bits per heavy atom. The van der Waals surface area contributed by atoms with Gasteiger partial charge >= 0.3 is 0 Å². The van der Waals surface area contributed by atoms with Crippen LogP contribution in [0.2, 0.25) is 0 Å². The van der Waals surface area contributed by atoms with E-state index >= 15 is 0 Å². The molecule has 0 aliphatic heterocycles. The smallest absolute Gasteiger partial charge is 0 e. The molecular formula is B7. The highest BCUT2D eigenvalue weighted by Gasteiger charge is 2.06. The quantitative estimate of drug-likeness (QED) is 0.314. The molecule has 7 heteroatoms. The highest BCUT2D eigenvalue weighted by Crippen LogP contribution is 1.68. The summed E-state index contributed by atoms with van der Waals surface area (Å²) in [6, 6.07) is 0. The van der Waals surface area contributed by atoms with Crippen LogP contribution >= 0.6 is 0 Å².